The molecule has 0 radical (unpaired) electrons. The van der Waals surface area contributed by atoms with Crippen LogP contribution >= 0.6 is 0 Å². The molecule has 0 atom stereocenters. The van der Waals surface area contributed by atoms with E-state index in [2.05, 4.69) is 22.3 Å². The fourth-order valence-electron chi connectivity index (χ4n) is 2.44. The van der Waals surface area contributed by atoms with Gasteiger partial charge in [0, 0.05) is 19.2 Å². The molecule has 7 nitrogen and oxygen atoms in total. The van der Waals surface area contributed by atoms with E-state index in [0.717, 1.165) is 19.5 Å². The Bertz CT molecular complexity index is 722. The first-order chi connectivity index (χ1) is 12.5. The molecule has 26 heavy (non-hydrogen) atoms. The quantitative estimate of drug-likeness (QED) is 0.401. The number of carbonyl (C=O) groups is 1. The minimum absolute atomic E-state index is 0.0654. The van der Waals surface area contributed by atoms with Gasteiger partial charge in [0.1, 0.15) is 5.75 Å². The average molecular weight is 357 g/mol. The maximum atomic E-state index is 11.8. The lowest BCUT2D eigenvalue weighted by molar-refractivity contribution is -0.384. The Kier molecular flexibility index (Phi) is 7.57. The van der Waals surface area contributed by atoms with Crippen molar-refractivity contribution in [2.75, 3.05) is 26.7 Å². The zero-order chi connectivity index (χ0) is 18.8. The van der Waals surface area contributed by atoms with Gasteiger partial charge in [0.2, 0.25) is 0 Å². The van der Waals surface area contributed by atoms with Crippen molar-refractivity contribution in [3.05, 3.63) is 70.3 Å². The summed E-state index contributed by atoms with van der Waals surface area (Å²) in [5.41, 5.74) is 1.19. The van der Waals surface area contributed by atoms with Crippen LogP contribution in [-0.4, -0.2) is 42.5 Å². The van der Waals surface area contributed by atoms with E-state index in [4.69, 9.17) is 4.74 Å². The molecule has 0 aliphatic carbocycles. The van der Waals surface area contributed by atoms with Crippen molar-refractivity contribution in [3.8, 4) is 5.75 Å². The molecule has 0 aromatic heterocycles. The van der Waals surface area contributed by atoms with Crippen molar-refractivity contribution in [2.45, 2.75) is 13.0 Å². The van der Waals surface area contributed by atoms with Gasteiger partial charge in [0.25, 0.3) is 11.6 Å². The molecule has 0 aliphatic rings. The van der Waals surface area contributed by atoms with E-state index < -0.39 is 4.92 Å². The van der Waals surface area contributed by atoms with Crippen molar-refractivity contribution in [3.63, 3.8) is 0 Å². The largest absolute Gasteiger partial charge is 0.484 e. The summed E-state index contributed by atoms with van der Waals surface area (Å²) >= 11 is 0. The normalized spacial score (nSPS) is 10.5. The lowest BCUT2D eigenvalue weighted by Crippen LogP contribution is -2.31. The maximum absolute atomic E-state index is 11.8. The topological polar surface area (TPSA) is 84.7 Å². The van der Waals surface area contributed by atoms with Gasteiger partial charge in [-0.3, -0.25) is 14.9 Å². The predicted octanol–water partition coefficient (Wildman–Crippen LogP) is 2.61. The number of nitro groups is 1. The lowest BCUT2D eigenvalue weighted by Gasteiger charge is -2.16. The van der Waals surface area contributed by atoms with Crippen molar-refractivity contribution in [1.29, 1.82) is 0 Å². The summed E-state index contributed by atoms with van der Waals surface area (Å²) in [6.45, 7) is 2.11. The second kappa shape index (κ2) is 10.1. The molecular weight excluding hydrogens is 334 g/mol. The van der Waals surface area contributed by atoms with E-state index in [9.17, 15) is 14.9 Å². The van der Waals surface area contributed by atoms with Crippen LogP contribution in [0.1, 0.15) is 12.0 Å². The molecule has 0 saturated carbocycles. The number of non-ortho nitro benzene ring substituents is 1. The fraction of sp³-hybridized carbons (Fsp3) is 0.316. The molecular formula is C19H23N3O4. The van der Waals surface area contributed by atoms with Gasteiger partial charge >= 0.3 is 0 Å². The van der Waals surface area contributed by atoms with Crippen LogP contribution in [0.15, 0.2) is 54.6 Å². The zero-order valence-electron chi connectivity index (χ0n) is 14.8. The average Bonchev–Trinajstić information content (AvgIpc) is 2.64. The zero-order valence-corrected chi connectivity index (χ0v) is 14.8. The monoisotopic (exact) mass is 357 g/mol. The molecule has 2 aromatic rings. The van der Waals surface area contributed by atoms with Crippen molar-refractivity contribution >= 4 is 11.6 Å². The molecule has 0 heterocycles. The number of benzene rings is 2. The first-order valence-electron chi connectivity index (χ1n) is 8.41. The summed E-state index contributed by atoms with van der Waals surface area (Å²) in [4.78, 5) is 24.2. The van der Waals surface area contributed by atoms with Crippen LogP contribution in [0, 0.1) is 10.1 Å². The van der Waals surface area contributed by atoms with Gasteiger partial charge in [-0.15, -0.1) is 0 Å². The molecule has 0 fully saturated rings. The highest BCUT2D eigenvalue weighted by atomic mass is 16.6. The second-order valence-corrected chi connectivity index (χ2v) is 5.97. The molecule has 2 rings (SSSR count). The molecule has 1 amide bonds. The predicted molar refractivity (Wildman–Crippen MR) is 99.0 cm³/mol. The van der Waals surface area contributed by atoms with E-state index in [1.165, 1.54) is 23.8 Å². The smallest absolute Gasteiger partial charge is 0.273 e. The van der Waals surface area contributed by atoms with Crippen LogP contribution < -0.4 is 10.1 Å². The third kappa shape index (κ3) is 6.90. The van der Waals surface area contributed by atoms with Gasteiger partial charge in [-0.25, -0.2) is 0 Å². The number of hydrogen-bond acceptors (Lipinski definition) is 5. The highest BCUT2D eigenvalue weighted by Gasteiger charge is 2.08. The Labute approximate surface area is 152 Å². The Morgan fingerprint density at radius 3 is 2.69 bits per heavy atom. The summed E-state index contributed by atoms with van der Waals surface area (Å²) < 4.78 is 5.29. The number of hydrogen-bond donors (Lipinski definition) is 1. The van der Waals surface area contributed by atoms with Gasteiger partial charge in [0.05, 0.1) is 11.0 Å². The molecule has 0 aliphatic heterocycles. The molecule has 138 valence electrons. The van der Waals surface area contributed by atoms with Crippen LogP contribution in [0.2, 0.25) is 0 Å². The molecule has 7 heteroatoms. The van der Waals surface area contributed by atoms with E-state index in [1.54, 1.807) is 6.07 Å². The Morgan fingerprint density at radius 1 is 1.19 bits per heavy atom. The number of nitrogens with one attached hydrogen (secondary N) is 1. The number of ether oxygens (including phenoxy) is 1. The molecule has 1 N–H and O–H groups in total. The SMILES string of the molecule is CN(CCCNC(=O)COc1cccc([N+](=O)[O-])c1)Cc1ccccc1. The number of rotatable bonds is 10. The summed E-state index contributed by atoms with van der Waals surface area (Å²) in [5.74, 6) is 0.0548. The van der Waals surface area contributed by atoms with E-state index >= 15 is 0 Å². The van der Waals surface area contributed by atoms with E-state index in [0.29, 0.717) is 12.3 Å². The third-order valence-electron chi connectivity index (χ3n) is 3.73. The van der Waals surface area contributed by atoms with Gasteiger partial charge in [-0.2, -0.15) is 0 Å². The molecule has 0 saturated heterocycles. The molecule has 2 aromatic carbocycles. The van der Waals surface area contributed by atoms with E-state index in [1.807, 2.05) is 25.2 Å². The fourth-order valence-corrected chi connectivity index (χ4v) is 2.44. The lowest BCUT2D eigenvalue weighted by atomic mass is 10.2. The Hall–Kier alpha value is -2.93. The first kappa shape index (κ1) is 19.4. The third-order valence-corrected chi connectivity index (χ3v) is 3.73. The minimum atomic E-state index is -0.501. The Morgan fingerprint density at radius 2 is 1.96 bits per heavy atom. The van der Waals surface area contributed by atoms with Gasteiger partial charge < -0.3 is 15.0 Å². The summed E-state index contributed by atoms with van der Waals surface area (Å²) in [6, 6.07) is 16.0. The van der Waals surface area contributed by atoms with Crippen LogP contribution in [0.3, 0.4) is 0 Å². The molecule has 0 spiro atoms. The number of carbonyl (C=O) groups excluding carboxylic acids is 1. The van der Waals surface area contributed by atoms with Crippen molar-refractivity contribution in [2.24, 2.45) is 0 Å². The standard InChI is InChI=1S/C19H23N3O4/c1-21(14-16-7-3-2-4-8-16)12-6-11-20-19(23)15-26-18-10-5-9-17(13-18)22(24)25/h2-5,7-10,13H,6,11-12,14-15H2,1H3,(H,20,23). The van der Waals surface area contributed by atoms with Crippen LogP contribution in [0.4, 0.5) is 5.69 Å². The maximum Gasteiger partial charge on any atom is 0.273 e. The summed E-state index contributed by atoms with van der Waals surface area (Å²) in [7, 11) is 2.04. The highest BCUT2D eigenvalue weighted by Crippen LogP contribution is 2.18. The second-order valence-electron chi connectivity index (χ2n) is 5.97. The highest BCUT2D eigenvalue weighted by molar-refractivity contribution is 5.77. The first-order valence-corrected chi connectivity index (χ1v) is 8.41. The Balaban J connectivity index is 1.61. The van der Waals surface area contributed by atoms with Gasteiger partial charge in [-0.1, -0.05) is 36.4 Å². The van der Waals surface area contributed by atoms with E-state index in [-0.39, 0.29) is 18.2 Å². The molecule has 0 bridgehead atoms. The molecule has 0 unspecified atom stereocenters. The van der Waals surface area contributed by atoms with Gasteiger partial charge in [-0.05, 0) is 31.6 Å². The summed E-state index contributed by atoms with van der Waals surface area (Å²) in [5, 5.41) is 13.5. The summed E-state index contributed by atoms with van der Waals surface area (Å²) in [6.07, 6.45) is 0.825. The number of amides is 1. The van der Waals surface area contributed by atoms with Crippen LogP contribution in [0.25, 0.3) is 0 Å². The van der Waals surface area contributed by atoms with Gasteiger partial charge in [0.15, 0.2) is 6.61 Å². The van der Waals surface area contributed by atoms with Crippen LogP contribution in [0.5, 0.6) is 5.75 Å². The van der Waals surface area contributed by atoms with Crippen LogP contribution in [-0.2, 0) is 11.3 Å². The van der Waals surface area contributed by atoms with Crippen molar-refractivity contribution < 1.29 is 14.5 Å². The number of nitro benzene ring substituents is 1. The number of nitrogens with zero attached hydrogens (tertiary/aromatic N) is 2. The minimum Gasteiger partial charge on any atom is -0.484 e. The van der Waals surface area contributed by atoms with Crippen molar-refractivity contribution in [1.82, 2.24) is 10.2 Å².